The van der Waals surface area contributed by atoms with Crippen molar-refractivity contribution >= 4 is 12.1 Å². The third kappa shape index (κ3) is 10.7. The van der Waals surface area contributed by atoms with Crippen molar-refractivity contribution in [2.75, 3.05) is 26.3 Å². The topological polar surface area (TPSA) is 85.3 Å². The van der Waals surface area contributed by atoms with Crippen LogP contribution in [-0.2, 0) is 27.3 Å². The van der Waals surface area contributed by atoms with E-state index in [9.17, 15) is 14.7 Å². The maximum Gasteiger partial charge on any atom is 0.410 e. The van der Waals surface area contributed by atoms with E-state index in [1.54, 1.807) is 11.8 Å². The molecule has 2 aromatic carbocycles. The van der Waals surface area contributed by atoms with E-state index in [0.29, 0.717) is 38.5 Å². The van der Waals surface area contributed by atoms with Gasteiger partial charge in [-0.2, -0.15) is 0 Å². The minimum Gasteiger partial charge on any atom is -0.492 e. The highest BCUT2D eigenvalue weighted by atomic mass is 16.6. The van der Waals surface area contributed by atoms with Crippen molar-refractivity contribution in [3.05, 3.63) is 65.7 Å². The van der Waals surface area contributed by atoms with E-state index in [2.05, 4.69) is 0 Å². The van der Waals surface area contributed by atoms with Crippen molar-refractivity contribution < 1.29 is 28.9 Å². The number of ether oxygens (including phenoxy) is 3. The van der Waals surface area contributed by atoms with Crippen LogP contribution in [0.15, 0.2) is 54.6 Å². The van der Waals surface area contributed by atoms with Gasteiger partial charge in [0.15, 0.2) is 6.10 Å². The molecular weight excluding hydrogens is 482 g/mol. The average Bonchev–Trinajstić information content (AvgIpc) is 2.94. The molecular formula is C31H43NO6. The number of benzene rings is 2. The Morgan fingerprint density at radius 2 is 1.68 bits per heavy atom. The molecule has 1 aliphatic carbocycles. The number of carbonyl (C=O) groups is 2. The minimum absolute atomic E-state index is 0.250. The van der Waals surface area contributed by atoms with Crippen molar-refractivity contribution in [3.63, 3.8) is 0 Å². The monoisotopic (exact) mass is 525 g/mol. The van der Waals surface area contributed by atoms with Gasteiger partial charge in [0, 0.05) is 19.6 Å². The van der Waals surface area contributed by atoms with Gasteiger partial charge in [-0.05, 0) is 42.5 Å². The molecule has 7 heteroatoms. The van der Waals surface area contributed by atoms with E-state index in [-0.39, 0.29) is 12.7 Å². The third-order valence-corrected chi connectivity index (χ3v) is 7.10. The lowest BCUT2D eigenvalue weighted by atomic mass is 9.86. The molecule has 3 rings (SSSR count). The number of carbonyl (C=O) groups excluding carboxylic acids is 1. The second-order valence-corrected chi connectivity index (χ2v) is 10.0. The smallest absolute Gasteiger partial charge is 0.410 e. The normalized spacial score (nSPS) is 14.6. The second kappa shape index (κ2) is 16.7. The zero-order valence-corrected chi connectivity index (χ0v) is 22.7. The molecule has 0 bridgehead atoms. The Labute approximate surface area is 227 Å². The third-order valence-electron chi connectivity index (χ3n) is 7.10. The Bertz CT molecular complexity index is 943. The van der Waals surface area contributed by atoms with Gasteiger partial charge in [0.05, 0.1) is 6.54 Å². The van der Waals surface area contributed by atoms with Crippen LogP contribution < -0.4 is 4.74 Å². The highest BCUT2D eigenvalue weighted by Crippen LogP contribution is 2.27. The maximum absolute atomic E-state index is 12.9. The first-order valence-electron chi connectivity index (χ1n) is 14.1. The molecule has 0 radical (unpaired) electrons. The van der Waals surface area contributed by atoms with Crippen LogP contribution in [0.4, 0.5) is 4.79 Å². The molecule has 1 amide bonds. The van der Waals surface area contributed by atoms with E-state index in [1.807, 2.05) is 54.6 Å². The highest BCUT2D eigenvalue weighted by molar-refractivity contribution is 5.72. The largest absolute Gasteiger partial charge is 0.492 e. The Kier molecular flexibility index (Phi) is 13.0. The fraction of sp³-hybridized carbons (Fsp3) is 0.548. The number of hydrogen-bond acceptors (Lipinski definition) is 5. The molecule has 1 atom stereocenters. The first kappa shape index (κ1) is 29.5. The Morgan fingerprint density at radius 3 is 2.37 bits per heavy atom. The Balaban J connectivity index is 1.47. The van der Waals surface area contributed by atoms with Gasteiger partial charge in [0.1, 0.15) is 19.0 Å². The number of carboxylic acid groups (broad SMARTS) is 1. The van der Waals surface area contributed by atoms with Gasteiger partial charge in [-0.3, -0.25) is 0 Å². The van der Waals surface area contributed by atoms with Crippen LogP contribution in [0.1, 0.15) is 69.4 Å². The van der Waals surface area contributed by atoms with Crippen LogP contribution in [-0.4, -0.2) is 54.5 Å². The van der Waals surface area contributed by atoms with Crippen molar-refractivity contribution in [1.82, 2.24) is 4.90 Å². The summed E-state index contributed by atoms with van der Waals surface area (Å²) in [6.07, 6.45) is 9.20. The van der Waals surface area contributed by atoms with Crippen molar-refractivity contribution in [3.8, 4) is 5.75 Å². The molecule has 7 nitrogen and oxygen atoms in total. The zero-order valence-electron chi connectivity index (χ0n) is 22.7. The first-order valence-corrected chi connectivity index (χ1v) is 14.1. The lowest BCUT2D eigenvalue weighted by Gasteiger charge is -2.24. The number of aliphatic carboxylic acids is 1. The van der Waals surface area contributed by atoms with Gasteiger partial charge in [-0.1, -0.05) is 87.4 Å². The number of nitrogens with zero attached hydrogens (tertiary/aromatic N) is 1. The SMILES string of the molecule is CCOC(Cc1ccc(OCCN(CCCCC2CCCCC2)C(=O)OCc2ccccc2)cc1)C(=O)O. The van der Waals surface area contributed by atoms with Crippen LogP contribution in [0.5, 0.6) is 5.75 Å². The van der Waals surface area contributed by atoms with E-state index in [4.69, 9.17) is 14.2 Å². The summed E-state index contributed by atoms with van der Waals surface area (Å²) in [6.45, 7) is 3.81. The van der Waals surface area contributed by atoms with Crippen molar-refractivity contribution in [2.45, 2.75) is 77.4 Å². The molecule has 1 aliphatic rings. The van der Waals surface area contributed by atoms with Gasteiger partial charge in [-0.15, -0.1) is 0 Å². The summed E-state index contributed by atoms with van der Waals surface area (Å²) in [6, 6.07) is 17.0. The summed E-state index contributed by atoms with van der Waals surface area (Å²) >= 11 is 0. The van der Waals surface area contributed by atoms with Crippen LogP contribution in [0.25, 0.3) is 0 Å². The number of rotatable bonds is 16. The summed E-state index contributed by atoms with van der Waals surface area (Å²) in [7, 11) is 0. The average molecular weight is 526 g/mol. The second-order valence-electron chi connectivity index (χ2n) is 10.0. The molecule has 1 unspecified atom stereocenters. The van der Waals surface area contributed by atoms with Gasteiger partial charge < -0.3 is 24.2 Å². The molecule has 0 saturated heterocycles. The van der Waals surface area contributed by atoms with Crippen LogP contribution in [0.2, 0.25) is 0 Å². The Morgan fingerprint density at radius 1 is 0.947 bits per heavy atom. The molecule has 2 aromatic rings. The number of amides is 1. The van der Waals surface area contributed by atoms with Gasteiger partial charge in [-0.25, -0.2) is 9.59 Å². The molecule has 38 heavy (non-hydrogen) atoms. The molecule has 0 heterocycles. The predicted octanol–water partition coefficient (Wildman–Crippen LogP) is 6.49. The lowest BCUT2D eigenvalue weighted by Crippen LogP contribution is -2.36. The molecule has 1 N–H and O–H groups in total. The molecule has 1 fully saturated rings. The van der Waals surface area contributed by atoms with Crippen molar-refractivity contribution in [1.29, 1.82) is 0 Å². The molecule has 208 valence electrons. The van der Waals surface area contributed by atoms with E-state index in [0.717, 1.165) is 29.9 Å². The van der Waals surface area contributed by atoms with Gasteiger partial charge in [0.2, 0.25) is 0 Å². The summed E-state index contributed by atoms with van der Waals surface area (Å²) in [5.41, 5.74) is 1.83. The number of hydrogen-bond donors (Lipinski definition) is 1. The van der Waals surface area contributed by atoms with Crippen LogP contribution in [0, 0.1) is 5.92 Å². The molecule has 0 spiro atoms. The Hall–Kier alpha value is -3.06. The highest BCUT2D eigenvalue weighted by Gasteiger charge is 2.19. The fourth-order valence-electron chi connectivity index (χ4n) is 4.94. The maximum atomic E-state index is 12.9. The zero-order chi connectivity index (χ0) is 27.0. The molecule has 1 saturated carbocycles. The standard InChI is InChI=1S/C31H43NO6/c1-2-36-29(30(33)34)23-26-16-18-28(19-17-26)37-22-21-32(20-10-9-13-25-11-5-3-6-12-25)31(35)38-24-27-14-7-4-8-15-27/h4,7-8,14-19,25,29H,2-3,5-6,9-13,20-24H2,1H3,(H,33,34). The summed E-state index contributed by atoms with van der Waals surface area (Å²) < 4.78 is 16.8. The summed E-state index contributed by atoms with van der Waals surface area (Å²) in [5, 5.41) is 9.29. The van der Waals surface area contributed by atoms with E-state index in [1.165, 1.54) is 38.5 Å². The van der Waals surface area contributed by atoms with Crippen LogP contribution >= 0.6 is 0 Å². The lowest BCUT2D eigenvalue weighted by molar-refractivity contribution is -0.149. The van der Waals surface area contributed by atoms with Crippen molar-refractivity contribution in [2.24, 2.45) is 5.92 Å². The first-order chi connectivity index (χ1) is 18.5. The van der Waals surface area contributed by atoms with Gasteiger partial charge in [0.25, 0.3) is 0 Å². The van der Waals surface area contributed by atoms with E-state index >= 15 is 0 Å². The fourth-order valence-corrected chi connectivity index (χ4v) is 4.94. The minimum atomic E-state index is -0.967. The summed E-state index contributed by atoms with van der Waals surface area (Å²) in [5.74, 6) is 0.546. The van der Waals surface area contributed by atoms with Gasteiger partial charge >= 0.3 is 12.1 Å². The quantitative estimate of drug-likeness (QED) is 0.252. The number of unbranched alkanes of at least 4 members (excludes halogenated alkanes) is 1. The van der Waals surface area contributed by atoms with Crippen LogP contribution in [0.3, 0.4) is 0 Å². The number of carboxylic acids is 1. The van der Waals surface area contributed by atoms with E-state index < -0.39 is 12.1 Å². The molecule has 0 aliphatic heterocycles. The summed E-state index contributed by atoms with van der Waals surface area (Å²) in [4.78, 5) is 26.0. The predicted molar refractivity (Wildman–Crippen MR) is 147 cm³/mol. The molecule has 0 aromatic heterocycles.